The van der Waals surface area contributed by atoms with Gasteiger partial charge in [0.05, 0.1) is 0 Å². The molecule has 15 heavy (non-hydrogen) atoms. The number of hydrogen-bond acceptors (Lipinski definition) is 3. The minimum absolute atomic E-state index is 0.270. The molecule has 1 aliphatic carbocycles. The van der Waals surface area contributed by atoms with Gasteiger partial charge in [0, 0.05) is 17.5 Å². The van der Waals surface area contributed by atoms with Gasteiger partial charge in [-0.2, -0.15) is 11.8 Å². The Morgan fingerprint density at radius 2 is 2.40 bits per heavy atom. The molecule has 0 atom stereocenters. The van der Waals surface area contributed by atoms with Crippen molar-refractivity contribution in [2.45, 2.75) is 24.0 Å². The van der Waals surface area contributed by atoms with Crippen LogP contribution in [0.3, 0.4) is 0 Å². The number of rotatable bonds is 4. The van der Waals surface area contributed by atoms with Crippen LogP contribution >= 0.6 is 11.8 Å². The summed E-state index contributed by atoms with van der Waals surface area (Å²) in [5.41, 5.74) is 0. The normalized spacial score (nSPS) is 18.3. The Balaban J connectivity index is 1.95. The van der Waals surface area contributed by atoms with E-state index in [9.17, 15) is 4.39 Å². The Morgan fingerprint density at radius 3 is 2.93 bits per heavy atom. The van der Waals surface area contributed by atoms with Crippen LogP contribution in [-0.2, 0) is 0 Å². The first-order valence-corrected chi connectivity index (χ1v) is 6.38. The molecule has 0 spiro atoms. The Hall–Kier alpha value is -0.770. The first-order chi connectivity index (χ1) is 7.26. The van der Waals surface area contributed by atoms with Crippen molar-refractivity contribution in [3.8, 4) is 0 Å². The van der Waals surface area contributed by atoms with Gasteiger partial charge in [-0.15, -0.1) is 0 Å². The third-order valence-electron chi connectivity index (χ3n) is 3.03. The quantitative estimate of drug-likeness (QED) is 0.854. The van der Waals surface area contributed by atoms with Crippen LogP contribution in [-0.4, -0.2) is 22.5 Å². The van der Waals surface area contributed by atoms with Gasteiger partial charge in [0.1, 0.15) is 0 Å². The van der Waals surface area contributed by atoms with Crippen molar-refractivity contribution in [1.29, 1.82) is 0 Å². The molecule has 0 unspecified atom stereocenters. The minimum atomic E-state index is -0.270. The maximum Gasteiger partial charge on any atom is 0.165 e. The van der Waals surface area contributed by atoms with E-state index in [1.54, 1.807) is 12.3 Å². The van der Waals surface area contributed by atoms with Gasteiger partial charge in [-0.1, -0.05) is 6.42 Å². The fourth-order valence-electron chi connectivity index (χ4n) is 1.78. The molecule has 82 valence electrons. The highest BCUT2D eigenvalue weighted by molar-refractivity contribution is 8.00. The monoisotopic (exact) mass is 226 g/mol. The van der Waals surface area contributed by atoms with Gasteiger partial charge in [-0.05, 0) is 31.2 Å². The second-order valence-corrected chi connectivity index (χ2v) is 5.20. The van der Waals surface area contributed by atoms with Gasteiger partial charge in [0.25, 0.3) is 0 Å². The summed E-state index contributed by atoms with van der Waals surface area (Å²) in [4.78, 5) is 3.98. The summed E-state index contributed by atoms with van der Waals surface area (Å²) in [6, 6.07) is 3.04. The van der Waals surface area contributed by atoms with E-state index >= 15 is 0 Å². The molecule has 1 fully saturated rings. The van der Waals surface area contributed by atoms with E-state index in [0.29, 0.717) is 10.6 Å². The fourth-order valence-corrected chi connectivity index (χ4v) is 2.70. The molecule has 1 aliphatic rings. The predicted molar refractivity (Wildman–Crippen MR) is 62.8 cm³/mol. The Labute approximate surface area is 93.7 Å². The topological polar surface area (TPSA) is 24.9 Å². The lowest BCUT2D eigenvalue weighted by Gasteiger charge is -2.40. The van der Waals surface area contributed by atoms with Crippen molar-refractivity contribution in [1.82, 2.24) is 4.98 Å². The van der Waals surface area contributed by atoms with Crippen LogP contribution in [0.25, 0.3) is 0 Å². The number of halogens is 1. The maximum absolute atomic E-state index is 13.3. The van der Waals surface area contributed by atoms with E-state index in [1.807, 2.05) is 11.8 Å². The van der Waals surface area contributed by atoms with E-state index in [2.05, 4.69) is 16.6 Å². The summed E-state index contributed by atoms with van der Waals surface area (Å²) in [5.74, 6) is 0.103. The van der Waals surface area contributed by atoms with Crippen molar-refractivity contribution >= 4 is 17.6 Å². The highest BCUT2D eigenvalue weighted by atomic mass is 32.2. The number of hydrogen-bond donors (Lipinski definition) is 1. The van der Waals surface area contributed by atoms with Crippen LogP contribution in [0.15, 0.2) is 18.3 Å². The van der Waals surface area contributed by atoms with Gasteiger partial charge in [-0.25, -0.2) is 9.37 Å². The predicted octanol–water partition coefficient (Wildman–Crippen LogP) is 2.92. The molecule has 2 rings (SSSR count). The zero-order valence-corrected chi connectivity index (χ0v) is 9.61. The van der Waals surface area contributed by atoms with Crippen molar-refractivity contribution in [2.24, 2.45) is 0 Å². The van der Waals surface area contributed by atoms with Crippen molar-refractivity contribution < 1.29 is 4.39 Å². The fraction of sp³-hybridized carbons (Fsp3) is 0.545. The van der Waals surface area contributed by atoms with Gasteiger partial charge >= 0.3 is 0 Å². The molecule has 0 saturated heterocycles. The molecule has 1 saturated carbocycles. The molecule has 1 N–H and O–H groups in total. The first-order valence-electron chi connectivity index (χ1n) is 5.15. The number of thioether (sulfide) groups is 1. The van der Waals surface area contributed by atoms with Gasteiger partial charge in [0.15, 0.2) is 11.6 Å². The lowest BCUT2D eigenvalue weighted by atomic mass is 9.84. The van der Waals surface area contributed by atoms with Crippen LogP contribution < -0.4 is 5.32 Å². The Morgan fingerprint density at radius 1 is 1.60 bits per heavy atom. The molecule has 0 amide bonds. The molecule has 0 aromatic carbocycles. The van der Waals surface area contributed by atoms with E-state index in [1.165, 1.54) is 25.3 Å². The zero-order chi connectivity index (χ0) is 10.7. The summed E-state index contributed by atoms with van der Waals surface area (Å²) in [6.45, 7) is 0.808. The summed E-state index contributed by atoms with van der Waals surface area (Å²) >= 11 is 1.87. The van der Waals surface area contributed by atoms with E-state index in [0.717, 1.165) is 6.54 Å². The van der Waals surface area contributed by atoms with Crippen LogP contribution in [0.4, 0.5) is 10.2 Å². The standard InChI is InChI=1S/C11H15FN2S/c1-15-11(5-3-6-11)8-14-10-9(12)4-2-7-13-10/h2,4,7H,3,5-6,8H2,1H3,(H,13,14). The molecule has 1 aromatic rings. The van der Waals surface area contributed by atoms with Crippen LogP contribution in [0.1, 0.15) is 19.3 Å². The molecular weight excluding hydrogens is 211 g/mol. The maximum atomic E-state index is 13.3. The second-order valence-electron chi connectivity index (χ2n) is 3.93. The molecule has 1 aromatic heterocycles. The minimum Gasteiger partial charge on any atom is -0.366 e. The average molecular weight is 226 g/mol. The molecule has 4 heteroatoms. The number of aromatic nitrogens is 1. The van der Waals surface area contributed by atoms with Crippen LogP contribution in [0, 0.1) is 5.82 Å². The Kier molecular flexibility index (Phi) is 3.14. The zero-order valence-electron chi connectivity index (χ0n) is 8.79. The third-order valence-corrected chi connectivity index (χ3v) is 4.45. The number of anilines is 1. The van der Waals surface area contributed by atoms with Gasteiger partial charge in [-0.3, -0.25) is 0 Å². The van der Waals surface area contributed by atoms with Crippen molar-refractivity contribution in [3.63, 3.8) is 0 Å². The number of nitrogens with one attached hydrogen (secondary N) is 1. The molecule has 2 nitrogen and oxygen atoms in total. The lowest BCUT2D eigenvalue weighted by Crippen LogP contribution is -2.40. The second kappa shape index (κ2) is 4.39. The summed E-state index contributed by atoms with van der Waals surface area (Å²) in [7, 11) is 0. The molecule has 0 aliphatic heterocycles. The molecular formula is C11H15FN2S. The van der Waals surface area contributed by atoms with Crippen LogP contribution in [0.5, 0.6) is 0 Å². The Bertz CT molecular complexity index is 334. The summed E-state index contributed by atoms with van der Waals surface area (Å²) in [6.07, 6.45) is 7.45. The lowest BCUT2D eigenvalue weighted by molar-refractivity contribution is 0.379. The summed E-state index contributed by atoms with van der Waals surface area (Å²) < 4.78 is 13.6. The smallest absolute Gasteiger partial charge is 0.165 e. The van der Waals surface area contributed by atoms with E-state index < -0.39 is 0 Å². The van der Waals surface area contributed by atoms with Gasteiger partial charge in [0.2, 0.25) is 0 Å². The van der Waals surface area contributed by atoms with E-state index in [-0.39, 0.29) is 5.82 Å². The molecule has 1 heterocycles. The molecule has 0 radical (unpaired) electrons. The average Bonchev–Trinajstić information content (AvgIpc) is 2.19. The summed E-state index contributed by atoms with van der Waals surface area (Å²) in [5, 5.41) is 3.10. The molecule has 0 bridgehead atoms. The first kappa shape index (κ1) is 10.7. The van der Waals surface area contributed by atoms with Gasteiger partial charge < -0.3 is 5.32 Å². The van der Waals surface area contributed by atoms with Crippen molar-refractivity contribution in [3.05, 3.63) is 24.1 Å². The highest BCUT2D eigenvalue weighted by Crippen LogP contribution is 2.42. The highest BCUT2D eigenvalue weighted by Gasteiger charge is 2.35. The number of pyridine rings is 1. The SMILES string of the molecule is CSC1(CNc2ncccc2F)CCC1. The van der Waals surface area contributed by atoms with Crippen LogP contribution in [0.2, 0.25) is 0 Å². The largest absolute Gasteiger partial charge is 0.366 e. The van der Waals surface area contributed by atoms with Crippen molar-refractivity contribution in [2.75, 3.05) is 18.1 Å². The number of nitrogens with zero attached hydrogens (tertiary/aromatic N) is 1. The third kappa shape index (κ3) is 2.25. The van der Waals surface area contributed by atoms with E-state index in [4.69, 9.17) is 0 Å².